The molecule has 0 N–H and O–H groups in total. The maximum Gasteiger partial charge on any atom is 0.0575 e. The van der Waals surface area contributed by atoms with E-state index in [1.807, 2.05) is 0 Å². The lowest BCUT2D eigenvalue weighted by Gasteiger charge is -2.38. The summed E-state index contributed by atoms with van der Waals surface area (Å²) in [5, 5.41) is 0. The second kappa shape index (κ2) is 11.3. The van der Waals surface area contributed by atoms with Crippen LogP contribution in [0.3, 0.4) is 0 Å². The maximum absolute atomic E-state index is 6.37. The van der Waals surface area contributed by atoms with Crippen molar-refractivity contribution < 1.29 is 4.74 Å². The van der Waals surface area contributed by atoms with Crippen LogP contribution in [0.15, 0.2) is 24.3 Å². The molecule has 0 heterocycles. The lowest BCUT2D eigenvalue weighted by molar-refractivity contribution is -0.0127. The van der Waals surface area contributed by atoms with Crippen molar-refractivity contribution in [2.45, 2.75) is 116 Å². The zero-order valence-electron chi connectivity index (χ0n) is 19.8. The number of hydrogen-bond acceptors (Lipinski definition) is 1. The van der Waals surface area contributed by atoms with Gasteiger partial charge in [-0.3, -0.25) is 0 Å². The average molecular weight is 413 g/mol. The molecule has 1 heteroatoms. The van der Waals surface area contributed by atoms with E-state index in [9.17, 15) is 0 Å². The van der Waals surface area contributed by atoms with Crippen LogP contribution in [-0.4, -0.2) is 12.7 Å². The lowest BCUT2D eigenvalue weighted by Crippen LogP contribution is -2.29. The Labute approximate surface area is 187 Å². The Hall–Kier alpha value is -0.560. The molecule has 1 nitrogen and oxygen atoms in total. The summed E-state index contributed by atoms with van der Waals surface area (Å²) >= 11 is 0. The molecule has 0 bridgehead atoms. The van der Waals surface area contributed by atoms with Crippen molar-refractivity contribution in [1.82, 2.24) is 0 Å². The molecule has 4 aliphatic rings. The molecule has 0 aromatic rings. The molecule has 0 aromatic heterocycles. The first-order valence-electron chi connectivity index (χ1n) is 13.6. The summed E-state index contributed by atoms with van der Waals surface area (Å²) in [4.78, 5) is 0. The Morgan fingerprint density at radius 3 is 1.77 bits per heavy atom. The summed E-state index contributed by atoms with van der Waals surface area (Å²) in [7, 11) is 0. The van der Waals surface area contributed by atoms with Crippen LogP contribution in [0.2, 0.25) is 0 Å². The van der Waals surface area contributed by atoms with Crippen LogP contribution < -0.4 is 0 Å². The number of hydrogen-bond donors (Lipinski definition) is 0. The highest BCUT2D eigenvalue weighted by atomic mass is 16.5. The van der Waals surface area contributed by atoms with Crippen molar-refractivity contribution in [1.29, 1.82) is 0 Å². The Kier molecular flexibility index (Phi) is 8.56. The second-order valence-corrected chi connectivity index (χ2v) is 11.6. The maximum atomic E-state index is 6.37. The standard InChI is InChI=1S/C29H48O/c1-22-3-7-24(8-4-22)11-12-25-13-15-27(16-14-25)28-17-19-29(20-18-28)30-21-26-9-5-23(2)6-10-26/h11-12,22,24-29H,2-10,13-21H2,1H3. The summed E-state index contributed by atoms with van der Waals surface area (Å²) in [6, 6.07) is 0. The largest absolute Gasteiger partial charge is 0.378 e. The van der Waals surface area contributed by atoms with E-state index in [1.54, 1.807) is 0 Å². The highest BCUT2D eigenvalue weighted by Crippen LogP contribution is 2.41. The molecule has 0 amide bonds. The summed E-state index contributed by atoms with van der Waals surface area (Å²) in [6.07, 6.45) is 28.0. The van der Waals surface area contributed by atoms with Gasteiger partial charge in [0.05, 0.1) is 6.10 Å². The van der Waals surface area contributed by atoms with Gasteiger partial charge in [0.2, 0.25) is 0 Å². The number of rotatable bonds is 6. The molecule has 170 valence electrons. The van der Waals surface area contributed by atoms with E-state index in [0.29, 0.717) is 6.10 Å². The predicted molar refractivity (Wildman–Crippen MR) is 129 cm³/mol. The Morgan fingerprint density at radius 2 is 1.20 bits per heavy atom. The molecular weight excluding hydrogens is 364 g/mol. The second-order valence-electron chi connectivity index (χ2n) is 11.6. The zero-order chi connectivity index (χ0) is 20.8. The lowest BCUT2D eigenvalue weighted by atomic mass is 9.70. The third kappa shape index (κ3) is 6.72. The normalized spacial score (nSPS) is 39.4. The van der Waals surface area contributed by atoms with E-state index in [-0.39, 0.29) is 0 Å². The number of ether oxygens (including phenoxy) is 1. The van der Waals surface area contributed by atoms with E-state index in [2.05, 4.69) is 25.7 Å². The minimum Gasteiger partial charge on any atom is -0.378 e. The minimum atomic E-state index is 0.559. The highest BCUT2D eigenvalue weighted by Gasteiger charge is 2.31. The van der Waals surface area contributed by atoms with Gasteiger partial charge in [-0.05, 0) is 125 Å². The summed E-state index contributed by atoms with van der Waals surface area (Å²) in [5.41, 5.74) is 1.46. The van der Waals surface area contributed by atoms with Gasteiger partial charge >= 0.3 is 0 Å². The van der Waals surface area contributed by atoms with Gasteiger partial charge in [0.15, 0.2) is 0 Å². The van der Waals surface area contributed by atoms with Crippen LogP contribution in [0.5, 0.6) is 0 Å². The van der Waals surface area contributed by atoms with Crippen LogP contribution in [-0.2, 0) is 4.74 Å². The van der Waals surface area contributed by atoms with E-state index in [1.165, 1.54) is 108 Å². The fourth-order valence-corrected chi connectivity index (χ4v) is 6.85. The first-order chi connectivity index (χ1) is 14.7. The molecule has 0 saturated heterocycles. The van der Waals surface area contributed by atoms with Crippen molar-refractivity contribution >= 4 is 0 Å². The van der Waals surface area contributed by atoms with Crippen molar-refractivity contribution in [2.24, 2.45) is 35.5 Å². The van der Waals surface area contributed by atoms with Crippen LogP contribution in [0.4, 0.5) is 0 Å². The van der Waals surface area contributed by atoms with Gasteiger partial charge in [-0.1, -0.05) is 44.1 Å². The molecule has 0 spiro atoms. The SMILES string of the molecule is C=C1CCC(COC2CCC(C3CCC(C=CC4CCC(C)CC4)CC3)CC2)CC1. The predicted octanol–water partition coefficient (Wildman–Crippen LogP) is 8.50. The van der Waals surface area contributed by atoms with Crippen molar-refractivity contribution in [3.63, 3.8) is 0 Å². The fourth-order valence-electron chi connectivity index (χ4n) is 6.85. The molecule has 4 fully saturated rings. The summed E-state index contributed by atoms with van der Waals surface area (Å²) in [6.45, 7) is 7.58. The Bertz CT molecular complexity index is 529. The van der Waals surface area contributed by atoms with Gasteiger partial charge in [0.1, 0.15) is 0 Å². The smallest absolute Gasteiger partial charge is 0.0575 e. The van der Waals surface area contributed by atoms with E-state index in [4.69, 9.17) is 4.74 Å². The highest BCUT2D eigenvalue weighted by molar-refractivity contribution is 4.98. The van der Waals surface area contributed by atoms with Gasteiger partial charge in [0.25, 0.3) is 0 Å². The zero-order valence-corrected chi connectivity index (χ0v) is 19.8. The monoisotopic (exact) mass is 412 g/mol. The van der Waals surface area contributed by atoms with Crippen molar-refractivity contribution in [2.75, 3.05) is 6.61 Å². The first kappa shape index (κ1) is 22.6. The van der Waals surface area contributed by atoms with Crippen molar-refractivity contribution in [3.05, 3.63) is 24.3 Å². The molecule has 4 saturated carbocycles. The van der Waals surface area contributed by atoms with E-state index < -0.39 is 0 Å². The van der Waals surface area contributed by atoms with Gasteiger partial charge in [-0.25, -0.2) is 0 Å². The van der Waals surface area contributed by atoms with Gasteiger partial charge in [0, 0.05) is 6.61 Å². The third-order valence-corrected chi connectivity index (χ3v) is 9.30. The number of allylic oxidation sites excluding steroid dienone is 3. The minimum absolute atomic E-state index is 0.559. The van der Waals surface area contributed by atoms with Gasteiger partial charge < -0.3 is 4.74 Å². The van der Waals surface area contributed by atoms with Crippen molar-refractivity contribution in [3.8, 4) is 0 Å². The first-order valence-corrected chi connectivity index (χ1v) is 13.6. The van der Waals surface area contributed by atoms with Gasteiger partial charge in [-0.2, -0.15) is 0 Å². The fraction of sp³-hybridized carbons (Fsp3) is 0.862. The Morgan fingerprint density at radius 1 is 0.700 bits per heavy atom. The van der Waals surface area contributed by atoms with Crippen LogP contribution >= 0.6 is 0 Å². The molecule has 4 aliphatic carbocycles. The molecule has 30 heavy (non-hydrogen) atoms. The van der Waals surface area contributed by atoms with Crippen LogP contribution in [0.25, 0.3) is 0 Å². The summed E-state index contributed by atoms with van der Waals surface area (Å²) < 4.78 is 6.37. The Balaban J connectivity index is 1.10. The van der Waals surface area contributed by atoms with Crippen LogP contribution in [0.1, 0.15) is 110 Å². The molecule has 0 unspecified atom stereocenters. The van der Waals surface area contributed by atoms with Crippen LogP contribution in [0, 0.1) is 35.5 Å². The van der Waals surface area contributed by atoms with Gasteiger partial charge in [-0.15, -0.1) is 0 Å². The third-order valence-electron chi connectivity index (χ3n) is 9.30. The molecule has 4 rings (SSSR count). The molecule has 0 aromatic carbocycles. The topological polar surface area (TPSA) is 9.23 Å². The van der Waals surface area contributed by atoms with E-state index in [0.717, 1.165) is 42.1 Å². The summed E-state index contributed by atoms with van der Waals surface area (Å²) in [5.74, 6) is 5.54. The average Bonchev–Trinajstić information content (AvgIpc) is 2.79. The molecule has 0 atom stereocenters. The molecule has 0 radical (unpaired) electrons. The van der Waals surface area contributed by atoms with E-state index >= 15 is 0 Å². The molecular formula is C29H48O. The quantitative estimate of drug-likeness (QED) is 0.397. The molecule has 0 aliphatic heterocycles.